The lowest BCUT2D eigenvalue weighted by Crippen LogP contribution is -2.29. The Morgan fingerprint density at radius 1 is 1.23 bits per heavy atom. The van der Waals surface area contributed by atoms with Gasteiger partial charge in [0.2, 0.25) is 17.7 Å². The van der Waals surface area contributed by atoms with Crippen molar-refractivity contribution < 1.29 is 13.9 Å². The molecule has 0 radical (unpaired) electrons. The molecule has 0 fully saturated rings. The fraction of sp³-hybridized carbons (Fsp3) is 0.438. The molecule has 118 valence electrons. The fourth-order valence-corrected chi connectivity index (χ4v) is 2.14. The Morgan fingerprint density at radius 3 is 2.50 bits per heavy atom. The normalized spacial score (nSPS) is 10.7. The molecule has 2 rings (SSSR count). The topological polar surface area (TPSA) is 77.2 Å². The van der Waals surface area contributed by atoms with Crippen LogP contribution in [0.15, 0.2) is 28.7 Å². The van der Waals surface area contributed by atoms with Crippen molar-refractivity contribution in [1.82, 2.24) is 15.5 Å². The summed E-state index contributed by atoms with van der Waals surface area (Å²) < 4.78 is 10.7. The first-order valence-corrected chi connectivity index (χ1v) is 7.42. The Hall–Kier alpha value is -2.37. The van der Waals surface area contributed by atoms with Gasteiger partial charge in [0, 0.05) is 11.5 Å². The van der Waals surface area contributed by atoms with Crippen LogP contribution in [-0.4, -0.2) is 23.2 Å². The summed E-state index contributed by atoms with van der Waals surface area (Å²) in [6.45, 7) is 4.25. The Morgan fingerprint density at radius 2 is 1.91 bits per heavy atom. The third-order valence-electron chi connectivity index (χ3n) is 3.57. The summed E-state index contributed by atoms with van der Waals surface area (Å²) in [4.78, 5) is 11.9. The van der Waals surface area contributed by atoms with E-state index in [0.717, 1.165) is 24.2 Å². The molecule has 22 heavy (non-hydrogen) atoms. The Balaban J connectivity index is 1.97. The van der Waals surface area contributed by atoms with Crippen LogP contribution in [0.4, 0.5) is 0 Å². The molecule has 0 aliphatic heterocycles. The predicted molar refractivity (Wildman–Crippen MR) is 82.2 cm³/mol. The second-order valence-corrected chi connectivity index (χ2v) is 4.96. The van der Waals surface area contributed by atoms with Crippen LogP contribution in [0.5, 0.6) is 5.75 Å². The molecule has 1 amide bonds. The third-order valence-corrected chi connectivity index (χ3v) is 3.57. The van der Waals surface area contributed by atoms with Crippen LogP contribution in [0.3, 0.4) is 0 Å². The number of aromatic nitrogens is 2. The van der Waals surface area contributed by atoms with Crippen molar-refractivity contribution in [2.75, 3.05) is 7.11 Å². The number of nitrogens with one attached hydrogen (secondary N) is 1. The summed E-state index contributed by atoms with van der Waals surface area (Å²) in [5, 5.41) is 10.8. The van der Waals surface area contributed by atoms with Gasteiger partial charge in [0.05, 0.1) is 13.7 Å². The molecule has 0 unspecified atom stereocenters. The number of benzene rings is 1. The first-order chi connectivity index (χ1) is 10.7. The van der Waals surface area contributed by atoms with Crippen molar-refractivity contribution in [3.8, 4) is 17.2 Å². The molecule has 6 nitrogen and oxygen atoms in total. The molecular formula is C16H21N3O3. The van der Waals surface area contributed by atoms with E-state index >= 15 is 0 Å². The Bertz CT molecular complexity index is 603. The van der Waals surface area contributed by atoms with Crippen LogP contribution in [0.25, 0.3) is 11.5 Å². The van der Waals surface area contributed by atoms with Crippen molar-refractivity contribution in [2.24, 2.45) is 5.92 Å². The highest BCUT2D eigenvalue weighted by Gasteiger charge is 2.15. The van der Waals surface area contributed by atoms with E-state index in [4.69, 9.17) is 9.15 Å². The van der Waals surface area contributed by atoms with Crippen molar-refractivity contribution >= 4 is 5.91 Å². The lowest BCUT2D eigenvalue weighted by molar-refractivity contribution is -0.125. The van der Waals surface area contributed by atoms with Crippen molar-refractivity contribution in [2.45, 2.75) is 33.2 Å². The minimum atomic E-state index is 0.0224. The van der Waals surface area contributed by atoms with Gasteiger partial charge in [-0.05, 0) is 37.1 Å². The standard InChI is InChI=1S/C16H21N3O3/c1-4-11(5-2)15(20)17-10-14-18-19-16(22-14)12-6-8-13(21-3)9-7-12/h6-9,11H,4-5,10H2,1-3H3,(H,17,20). The Kier molecular flexibility index (Phi) is 5.52. The number of methoxy groups -OCH3 is 1. The van der Waals surface area contributed by atoms with Gasteiger partial charge in [-0.25, -0.2) is 0 Å². The molecule has 1 heterocycles. The second kappa shape index (κ2) is 7.59. The maximum Gasteiger partial charge on any atom is 0.247 e. The maximum atomic E-state index is 11.9. The van der Waals surface area contributed by atoms with Crippen LogP contribution in [0.2, 0.25) is 0 Å². The molecule has 0 saturated heterocycles. The van der Waals surface area contributed by atoms with Gasteiger partial charge < -0.3 is 14.5 Å². The largest absolute Gasteiger partial charge is 0.497 e. The van der Waals surface area contributed by atoms with Gasteiger partial charge >= 0.3 is 0 Å². The van der Waals surface area contributed by atoms with Crippen molar-refractivity contribution in [3.05, 3.63) is 30.2 Å². The van der Waals surface area contributed by atoms with Crippen molar-refractivity contribution in [3.63, 3.8) is 0 Å². The van der Waals surface area contributed by atoms with Gasteiger partial charge in [0.25, 0.3) is 0 Å². The van der Waals surface area contributed by atoms with Gasteiger partial charge in [0.15, 0.2) is 0 Å². The number of hydrogen-bond acceptors (Lipinski definition) is 5. The average molecular weight is 303 g/mol. The SMILES string of the molecule is CCC(CC)C(=O)NCc1nnc(-c2ccc(OC)cc2)o1. The molecule has 1 aromatic heterocycles. The highest BCUT2D eigenvalue weighted by atomic mass is 16.5. The number of carbonyl (C=O) groups excluding carboxylic acids is 1. The lowest BCUT2D eigenvalue weighted by atomic mass is 10.0. The van der Waals surface area contributed by atoms with Gasteiger partial charge in [-0.3, -0.25) is 4.79 Å². The second-order valence-electron chi connectivity index (χ2n) is 4.96. The van der Waals surface area contributed by atoms with Crippen LogP contribution in [0.1, 0.15) is 32.6 Å². The number of ether oxygens (including phenoxy) is 1. The van der Waals surface area contributed by atoms with E-state index < -0.39 is 0 Å². The summed E-state index contributed by atoms with van der Waals surface area (Å²) in [6, 6.07) is 7.35. The number of hydrogen-bond donors (Lipinski definition) is 1. The zero-order chi connectivity index (χ0) is 15.9. The molecule has 0 atom stereocenters. The zero-order valence-electron chi connectivity index (χ0n) is 13.1. The maximum absolute atomic E-state index is 11.9. The molecule has 0 aliphatic carbocycles. The van der Waals surface area contributed by atoms with E-state index in [1.54, 1.807) is 7.11 Å². The average Bonchev–Trinajstić information content (AvgIpc) is 3.03. The molecular weight excluding hydrogens is 282 g/mol. The number of rotatable bonds is 7. The number of nitrogens with zero attached hydrogens (tertiary/aromatic N) is 2. The molecule has 0 bridgehead atoms. The highest BCUT2D eigenvalue weighted by Crippen LogP contribution is 2.21. The van der Waals surface area contributed by atoms with Crippen molar-refractivity contribution in [1.29, 1.82) is 0 Å². The van der Waals surface area contributed by atoms with E-state index in [1.165, 1.54) is 0 Å². The summed E-state index contributed by atoms with van der Waals surface area (Å²) >= 11 is 0. The van der Waals surface area contributed by atoms with Crippen LogP contribution in [-0.2, 0) is 11.3 Å². The predicted octanol–water partition coefficient (Wildman–Crippen LogP) is 2.80. The fourth-order valence-electron chi connectivity index (χ4n) is 2.14. The van der Waals surface area contributed by atoms with Gasteiger partial charge in [-0.15, -0.1) is 10.2 Å². The van der Waals surface area contributed by atoms with E-state index in [1.807, 2.05) is 38.1 Å². The summed E-state index contributed by atoms with van der Waals surface area (Å²) in [7, 11) is 1.61. The first kappa shape index (κ1) is 16.0. The monoisotopic (exact) mass is 303 g/mol. The minimum Gasteiger partial charge on any atom is -0.497 e. The smallest absolute Gasteiger partial charge is 0.247 e. The minimum absolute atomic E-state index is 0.0224. The number of amides is 1. The van der Waals surface area contributed by atoms with Gasteiger partial charge in [-0.1, -0.05) is 13.8 Å². The van der Waals surface area contributed by atoms with E-state index in [0.29, 0.717) is 11.8 Å². The molecule has 0 saturated carbocycles. The van der Waals surface area contributed by atoms with E-state index in [9.17, 15) is 4.79 Å². The van der Waals surface area contributed by atoms with Crippen LogP contribution >= 0.6 is 0 Å². The summed E-state index contributed by atoms with van der Waals surface area (Å²) in [5.74, 6) is 1.64. The first-order valence-electron chi connectivity index (χ1n) is 7.42. The van der Waals surface area contributed by atoms with E-state index in [2.05, 4.69) is 15.5 Å². The molecule has 6 heteroatoms. The summed E-state index contributed by atoms with van der Waals surface area (Å²) in [5.41, 5.74) is 0.811. The summed E-state index contributed by atoms with van der Waals surface area (Å²) in [6.07, 6.45) is 1.65. The molecule has 1 aromatic carbocycles. The van der Waals surface area contributed by atoms with Gasteiger partial charge in [0.1, 0.15) is 5.75 Å². The van der Waals surface area contributed by atoms with E-state index in [-0.39, 0.29) is 18.4 Å². The lowest BCUT2D eigenvalue weighted by Gasteiger charge is -2.10. The molecule has 0 spiro atoms. The van der Waals surface area contributed by atoms with Gasteiger partial charge in [-0.2, -0.15) is 0 Å². The molecule has 1 N–H and O–H groups in total. The number of carbonyl (C=O) groups is 1. The van der Waals surface area contributed by atoms with Crippen LogP contribution in [0, 0.1) is 5.92 Å². The third kappa shape index (κ3) is 3.84. The Labute approximate surface area is 129 Å². The van der Waals surface area contributed by atoms with Crippen LogP contribution < -0.4 is 10.1 Å². The highest BCUT2D eigenvalue weighted by molar-refractivity contribution is 5.78. The quantitative estimate of drug-likeness (QED) is 0.851. The molecule has 2 aromatic rings. The zero-order valence-corrected chi connectivity index (χ0v) is 13.1. The molecule has 0 aliphatic rings.